The van der Waals surface area contributed by atoms with E-state index in [4.69, 9.17) is 9.72 Å². The number of amides is 1. The predicted molar refractivity (Wildman–Crippen MR) is 118 cm³/mol. The molecule has 1 aliphatic carbocycles. The molecule has 0 radical (unpaired) electrons. The van der Waals surface area contributed by atoms with Gasteiger partial charge in [-0.2, -0.15) is 0 Å². The summed E-state index contributed by atoms with van der Waals surface area (Å²) >= 11 is 1.74. The Kier molecular flexibility index (Phi) is 6.00. The number of carbonyl (C=O) groups excluding carboxylic acids is 1. The fraction of sp³-hybridized carbons (Fsp3) is 0.391. The molecule has 0 atom stereocenters. The zero-order chi connectivity index (χ0) is 20.2. The molecule has 0 spiro atoms. The monoisotopic (exact) mass is 409 g/mol. The van der Waals surface area contributed by atoms with E-state index in [-0.39, 0.29) is 5.91 Å². The van der Waals surface area contributed by atoms with Crippen molar-refractivity contribution in [2.75, 3.05) is 11.9 Å². The number of rotatable bonds is 7. The van der Waals surface area contributed by atoms with Crippen molar-refractivity contribution < 1.29 is 9.53 Å². The fourth-order valence-corrected chi connectivity index (χ4v) is 4.73. The number of anilines is 1. The Morgan fingerprint density at radius 2 is 2.07 bits per heavy atom. The van der Waals surface area contributed by atoms with Crippen LogP contribution in [0.4, 0.5) is 5.69 Å². The quantitative estimate of drug-likeness (QED) is 0.488. The van der Waals surface area contributed by atoms with Gasteiger partial charge in [0.05, 0.1) is 22.9 Å². The Labute approximate surface area is 175 Å². The number of carbonyl (C=O) groups is 1. The van der Waals surface area contributed by atoms with Gasteiger partial charge in [0.1, 0.15) is 5.75 Å². The number of benzene rings is 1. The van der Waals surface area contributed by atoms with Gasteiger partial charge >= 0.3 is 0 Å². The summed E-state index contributed by atoms with van der Waals surface area (Å²) in [7, 11) is 0. The zero-order valence-electron chi connectivity index (χ0n) is 17.0. The van der Waals surface area contributed by atoms with Crippen molar-refractivity contribution in [3.8, 4) is 17.0 Å². The minimum absolute atomic E-state index is 0.113. The summed E-state index contributed by atoms with van der Waals surface area (Å²) in [6.07, 6.45) is 8.26. The minimum atomic E-state index is -0.113. The van der Waals surface area contributed by atoms with Gasteiger partial charge < -0.3 is 15.0 Å². The van der Waals surface area contributed by atoms with E-state index >= 15 is 0 Å². The van der Waals surface area contributed by atoms with Crippen LogP contribution in [0.3, 0.4) is 0 Å². The zero-order valence-corrected chi connectivity index (χ0v) is 17.8. The number of aromatic nitrogens is 2. The van der Waals surface area contributed by atoms with Crippen LogP contribution in [0.1, 0.15) is 58.5 Å². The van der Waals surface area contributed by atoms with Crippen molar-refractivity contribution in [3.05, 3.63) is 51.6 Å². The molecule has 3 aromatic rings. The van der Waals surface area contributed by atoms with Crippen molar-refractivity contribution >= 4 is 22.9 Å². The predicted octanol–water partition coefficient (Wildman–Crippen LogP) is 5.76. The Morgan fingerprint density at radius 1 is 1.24 bits per heavy atom. The second-order valence-corrected chi connectivity index (χ2v) is 8.74. The number of aryl methyl sites for hydroxylation is 3. The van der Waals surface area contributed by atoms with Gasteiger partial charge in [0.15, 0.2) is 0 Å². The number of unbranched alkanes of at least 4 members (excludes halogenated alkanes) is 2. The highest BCUT2D eigenvalue weighted by Crippen LogP contribution is 2.37. The van der Waals surface area contributed by atoms with Crippen LogP contribution in [0.2, 0.25) is 0 Å². The lowest BCUT2D eigenvalue weighted by atomic mass is 10.1. The number of nitrogens with zero attached hydrogens (tertiary/aromatic N) is 1. The van der Waals surface area contributed by atoms with Gasteiger partial charge in [-0.3, -0.25) is 4.79 Å². The lowest BCUT2D eigenvalue weighted by Crippen LogP contribution is -2.12. The summed E-state index contributed by atoms with van der Waals surface area (Å²) in [4.78, 5) is 22.3. The van der Waals surface area contributed by atoms with E-state index in [9.17, 15) is 4.79 Å². The molecule has 1 amide bonds. The molecule has 6 heteroatoms. The van der Waals surface area contributed by atoms with E-state index in [1.807, 2.05) is 37.4 Å². The summed E-state index contributed by atoms with van der Waals surface area (Å²) in [5.74, 6) is 0.717. The van der Waals surface area contributed by atoms with Gasteiger partial charge in [-0.25, -0.2) is 4.98 Å². The Morgan fingerprint density at radius 3 is 2.86 bits per heavy atom. The molecule has 0 aliphatic heterocycles. The molecule has 2 N–H and O–H groups in total. The molecule has 2 aromatic heterocycles. The lowest BCUT2D eigenvalue weighted by molar-refractivity contribution is 0.102. The third kappa shape index (κ3) is 4.37. The highest BCUT2D eigenvalue weighted by Gasteiger charge is 2.25. The molecule has 152 valence electrons. The topological polar surface area (TPSA) is 67.0 Å². The smallest absolute Gasteiger partial charge is 0.257 e. The normalized spacial score (nSPS) is 12.8. The number of hydrogen-bond donors (Lipinski definition) is 2. The number of ether oxygens (including phenoxy) is 1. The molecular weight excluding hydrogens is 382 g/mol. The maximum Gasteiger partial charge on any atom is 0.257 e. The molecule has 1 aromatic carbocycles. The van der Waals surface area contributed by atoms with Gasteiger partial charge in [-0.15, -0.1) is 11.3 Å². The first-order valence-electron chi connectivity index (χ1n) is 10.4. The van der Waals surface area contributed by atoms with Crippen LogP contribution >= 0.6 is 11.3 Å². The second kappa shape index (κ2) is 8.82. The number of aromatic amines is 1. The van der Waals surface area contributed by atoms with Crippen LogP contribution in [-0.2, 0) is 12.8 Å². The molecule has 0 saturated heterocycles. The van der Waals surface area contributed by atoms with E-state index in [0.29, 0.717) is 5.56 Å². The highest BCUT2D eigenvalue weighted by molar-refractivity contribution is 7.12. The molecule has 0 unspecified atom stereocenters. The first-order valence-corrected chi connectivity index (χ1v) is 11.2. The van der Waals surface area contributed by atoms with Gasteiger partial charge in [-0.05, 0) is 56.9 Å². The van der Waals surface area contributed by atoms with Crippen LogP contribution < -0.4 is 10.1 Å². The molecule has 4 rings (SSSR count). The molecule has 2 heterocycles. The summed E-state index contributed by atoms with van der Waals surface area (Å²) in [5, 5.41) is 4.06. The van der Waals surface area contributed by atoms with Crippen LogP contribution in [0.15, 0.2) is 30.5 Å². The van der Waals surface area contributed by atoms with Crippen molar-refractivity contribution in [1.82, 2.24) is 9.97 Å². The molecule has 0 saturated carbocycles. The molecular formula is C23H27N3O2S. The SMILES string of the molecule is CCCCCOc1ccc(NC(=O)c2c[nH]c3c2-c2nc(C)sc2CCC3)cc1. The average molecular weight is 410 g/mol. The summed E-state index contributed by atoms with van der Waals surface area (Å²) in [5.41, 5.74) is 4.47. The summed E-state index contributed by atoms with van der Waals surface area (Å²) < 4.78 is 5.75. The Balaban J connectivity index is 1.49. The number of thiazole rings is 1. The maximum absolute atomic E-state index is 13.0. The molecule has 5 nitrogen and oxygen atoms in total. The standard InChI is InChI=1S/C23H27N3O2S/c1-3-4-5-13-28-17-11-9-16(10-12-17)26-23(27)18-14-24-19-7-6-8-20-22(21(18)19)25-15(2)29-20/h9-12,14,24H,3-8,13H2,1-2H3,(H,26,27). The number of nitrogens with one attached hydrogen (secondary N) is 2. The summed E-state index contributed by atoms with van der Waals surface area (Å²) in [6, 6.07) is 7.58. The first kappa shape index (κ1) is 19.7. The third-order valence-electron chi connectivity index (χ3n) is 5.21. The van der Waals surface area contributed by atoms with Crippen molar-refractivity contribution in [3.63, 3.8) is 0 Å². The highest BCUT2D eigenvalue weighted by atomic mass is 32.1. The molecule has 0 fully saturated rings. The first-order chi connectivity index (χ1) is 14.2. The van der Waals surface area contributed by atoms with E-state index in [2.05, 4.69) is 17.2 Å². The van der Waals surface area contributed by atoms with Crippen LogP contribution in [0.25, 0.3) is 11.3 Å². The van der Waals surface area contributed by atoms with E-state index in [1.54, 1.807) is 11.3 Å². The molecule has 0 bridgehead atoms. The number of H-pyrrole nitrogens is 1. The van der Waals surface area contributed by atoms with E-state index < -0.39 is 0 Å². The van der Waals surface area contributed by atoms with E-state index in [0.717, 1.165) is 65.7 Å². The molecule has 29 heavy (non-hydrogen) atoms. The van der Waals surface area contributed by atoms with Crippen molar-refractivity contribution in [2.24, 2.45) is 0 Å². The molecule has 1 aliphatic rings. The minimum Gasteiger partial charge on any atom is -0.494 e. The largest absolute Gasteiger partial charge is 0.494 e. The van der Waals surface area contributed by atoms with Gasteiger partial charge in [-0.1, -0.05) is 19.8 Å². The number of hydrogen-bond acceptors (Lipinski definition) is 4. The fourth-order valence-electron chi connectivity index (χ4n) is 3.75. The third-order valence-corrected chi connectivity index (χ3v) is 6.24. The number of fused-ring (bicyclic) bond motifs is 3. The average Bonchev–Trinajstić information content (AvgIpc) is 3.25. The van der Waals surface area contributed by atoms with E-state index in [1.165, 1.54) is 17.7 Å². The van der Waals surface area contributed by atoms with Gasteiger partial charge in [0, 0.05) is 28.0 Å². The van der Waals surface area contributed by atoms with Crippen molar-refractivity contribution in [1.29, 1.82) is 0 Å². The Bertz CT molecular complexity index is 988. The van der Waals surface area contributed by atoms with Gasteiger partial charge in [0.25, 0.3) is 5.91 Å². The van der Waals surface area contributed by atoms with Crippen LogP contribution in [0, 0.1) is 6.92 Å². The van der Waals surface area contributed by atoms with Crippen LogP contribution in [0.5, 0.6) is 5.75 Å². The van der Waals surface area contributed by atoms with Crippen LogP contribution in [-0.4, -0.2) is 22.5 Å². The van der Waals surface area contributed by atoms with Gasteiger partial charge in [0.2, 0.25) is 0 Å². The second-order valence-electron chi connectivity index (χ2n) is 7.45. The Hall–Kier alpha value is -2.60. The maximum atomic E-state index is 13.0. The summed E-state index contributed by atoms with van der Waals surface area (Å²) in [6.45, 7) is 4.93. The lowest BCUT2D eigenvalue weighted by Gasteiger charge is -2.09. The van der Waals surface area contributed by atoms with Crippen molar-refractivity contribution in [2.45, 2.75) is 52.4 Å².